The lowest BCUT2D eigenvalue weighted by atomic mass is 10.1. The van der Waals surface area contributed by atoms with Crippen molar-refractivity contribution in [1.29, 1.82) is 0 Å². The zero-order valence-electron chi connectivity index (χ0n) is 18.3. The molecule has 168 valence electrons. The topological polar surface area (TPSA) is 88.9 Å². The number of benzene rings is 2. The first-order valence-corrected chi connectivity index (χ1v) is 11.8. The molecular weight excluding hydrogens is 446 g/mol. The molecule has 2 N–H and O–H groups in total. The summed E-state index contributed by atoms with van der Waals surface area (Å²) in [4.78, 5) is 25.1. The number of hydrogen-bond acceptors (Lipinski definition) is 5. The van der Waals surface area contributed by atoms with E-state index in [0.29, 0.717) is 28.1 Å². The highest BCUT2D eigenvalue weighted by Crippen LogP contribution is 2.23. The van der Waals surface area contributed by atoms with Crippen molar-refractivity contribution in [1.82, 2.24) is 20.1 Å². The second-order valence-corrected chi connectivity index (χ2v) is 8.46. The van der Waals surface area contributed by atoms with Crippen molar-refractivity contribution in [2.75, 3.05) is 11.1 Å². The van der Waals surface area contributed by atoms with Crippen molar-refractivity contribution in [3.8, 4) is 0 Å². The van der Waals surface area contributed by atoms with Crippen LogP contribution in [0.2, 0.25) is 5.02 Å². The zero-order valence-corrected chi connectivity index (χ0v) is 19.8. The molecule has 32 heavy (non-hydrogen) atoms. The minimum Gasteiger partial charge on any atom is -0.342 e. The molecule has 1 atom stereocenters. The Morgan fingerprint density at radius 3 is 2.53 bits per heavy atom. The number of carbonyl (C=O) groups excluding carboxylic acids is 2. The lowest BCUT2D eigenvalue weighted by Gasteiger charge is -2.15. The second kappa shape index (κ2) is 11.2. The lowest BCUT2D eigenvalue weighted by Crippen LogP contribution is -2.29. The van der Waals surface area contributed by atoms with E-state index in [0.717, 1.165) is 17.7 Å². The van der Waals surface area contributed by atoms with E-state index in [1.165, 1.54) is 11.8 Å². The number of para-hydroxylation sites is 1. The molecule has 2 amide bonds. The van der Waals surface area contributed by atoms with Gasteiger partial charge >= 0.3 is 0 Å². The first kappa shape index (κ1) is 23.8. The highest BCUT2D eigenvalue weighted by Gasteiger charge is 2.21. The molecule has 0 saturated heterocycles. The zero-order chi connectivity index (χ0) is 23.1. The van der Waals surface area contributed by atoms with Crippen molar-refractivity contribution in [3.63, 3.8) is 0 Å². The van der Waals surface area contributed by atoms with Crippen LogP contribution in [-0.2, 0) is 17.8 Å². The Balaban J connectivity index is 1.64. The highest BCUT2D eigenvalue weighted by molar-refractivity contribution is 7.99. The first-order valence-electron chi connectivity index (χ1n) is 10.4. The predicted octanol–water partition coefficient (Wildman–Crippen LogP) is 4.74. The Labute approximate surface area is 197 Å². The number of aromatic nitrogens is 3. The van der Waals surface area contributed by atoms with Gasteiger partial charge in [0.15, 0.2) is 11.0 Å². The van der Waals surface area contributed by atoms with Gasteiger partial charge in [-0.2, -0.15) is 0 Å². The van der Waals surface area contributed by atoms with Gasteiger partial charge in [-0.05, 0) is 44.0 Å². The number of rotatable bonds is 9. The van der Waals surface area contributed by atoms with E-state index in [2.05, 4.69) is 27.8 Å². The maximum absolute atomic E-state index is 12.6. The van der Waals surface area contributed by atoms with E-state index in [1.54, 1.807) is 24.3 Å². The summed E-state index contributed by atoms with van der Waals surface area (Å²) in [6.07, 6.45) is 0.842. The summed E-state index contributed by atoms with van der Waals surface area (Å²) in [6, 6.07) is 14.3. The highest BCUT2D eigenvalue weighted by atomic mass is 35.5. The fraction of sp³-hybridized carbons (Fsp3) is 0.304. The fourth-order valence-corrected chi connectivity index (χ4v) is 4.31. The van der Waals surface area contributed by atoms with Gasteiger partial charge in [-0.3, -0.25) is 9.59 Å². The Bertz CT molecular complexity index is 1100. The summed E-state index contributed by atoms with van der Waals surface area (Å²) in [5.41, 5.74) is 2.32. The number of halogens is 1. The van der Waals surface area contributed by atoms with Gasteiger partial charge in [-0.1, -0.05) is 60.6 Å². The molecule has 1 aromatic heterocycles. The summed E-state index contributed by atoms with van der Waals surface area (Å²) in [6.45, 7) is 6.47. The van der Waals surface area contributed by atoms with E-state index in [9.17, 15) is 9.59 Å². The summed E-state index contributed by atoms with van der Waals surface area (Å²) < 4.78 is 1.90. The number of carbonyl (C=O) groups is 2. The Kier molecular flexibility index (Phi) is 8.30. The van der Waals surface area contributed by atoms with Crippen LogP contribution in [0.5, 0.6) is 0 Å². The number of aryl methyl sites for hydroxylation is 1. The molecule has 0 saturated carbocycles. The molecule has 7 nitrogen and oxygen atoms in total. The largest absolute Gasteiger partial charge is 0.342 e. The van der Waals surface area contributed by atoms with Crippen LogP contribution in [0.1, 0.15) is 48.6 Å². The van der Waals surface area contributed by atoms with Crippen LogP contribution in [0.25, 0.3) is 0 Å². The third-order valence-corrected chi connectivity index (χ3v) is 6.22. The van der Waals surface area contributed by atoms with E-state index in [4.69, 9.17) is 11.6 Å². The quantitative estimate of drug-likeness (QED) is 0.440. The molecule has 3 rings (SSSR count). The van der Waals surface area contributed by atoms with Gasteiger partial charge < -0.3 is 15.2 Å². The fourth-order valence-electron chi connectivity index (χ4n) is 3.28. The number of anilines is 1. The Hall–Kier alpha value is -2.84. The van der Waals surface area contributed by atoms with Crippen LogP contribution in [0.3, 0.4) is 0 Å². The van der Waals surface area contributed by atoms with E-state index >= 15 is 0 Å². The standard InChI is InChI=1S/C23H26ClN5O2S/c1-4-16-10-6-9-13-19(16)26-20(30)14-32-23-28-27-21(29(23)5-2)15(3)25-22(31)17-11-7-8-12-18(17)24/h6-13,15H,4-5,14H2,1-3H3,(H,25,31)(H,26,30)/t15-/m0/s1. The van der Waals surface area contributed by atoms with Crippen molar-refractivity contribution < 1.29 is 9.59 Å². The van der Waals surface area contributed by atoms with Crippen LogP contribution >= 0.6 is 23.4 Å². The van der Waals surface area contributed by atoms with Crippen LogP contribution in [0, 0.1) is 0 Å². The van der Waals surface area contributed by atoms with Gasteiger partial charge in [0, 0.05) is 12.2 Å². The maximum atomic E-state index is 12.6. The summed E-state index contributed by atoms with van der Waals surface area (Å²) in [5, 5.41) is 15.4. The molecular formula is C23H26ClN5O2S. The van der Waals surface area contributed by atoms with Gasteiger partial charge in [-0.25, -0.2) is 0 Å². The van der Waals surface area contributed by atoms with Crippen molar-refractivity contribution in [2.24, 2.45) is 0 Å². The molecule has 0 aliphatic carbocycles. The van der Waals surface area contributed by atoms with Gasteiger partial charge in [0.1, 0.15) is 0 Å². The molecule has 0 unspecified atom stereocenters. The summed E-state index contributed by atoms with van der Waals surface area (Å²) >= 11 is 7.44. The van der Waals surface area contributed by atoms with Crippen molar-refractivity contribution in [3.05, 3.63) is 70.5 Å². The third kappa shape index (κ3) is 5.69. The number of nitrogens with zero attached hydrogens (tertiary/aromatic N) is 3. The molecule has 0 aliphatic rings. The molecule has 0 aliphatic heterocycles. The third-order valence-electron chi connectivity index (χ3n) is 4.92. The number of hydrogen-bond donors (Lipinski definition) is 2. The van der Waals surface area contributed by atoms with Gasteiger partial charge in [0.2, 0.25) is 5.91 Å². The molecule has 1 heterocycles. The van der Waals surface area contributed by atoms with Crippen LogP contribution in [0.4, 0.5) is 5.69 Å². The minimum atomic E-state index is -0.383. The summed E-state index contributed by atoms with van der Waals surface area (Å²) in [5.74, 6) is 0.434. The van der Waals surface area contributed by atoms with E-state index in [1.807, 2.05) is 42.7 Å². The molecule has 0 spiro atoms. The maximum Gasteiger partial charge on any atom is 0.253 e. The van der Waals surface area contributed by atoms with Gasteiger partial charge in [0.05, 0.1) is 22.4 Å². The number of nitrogens with one attached hydrogen (secondary N) is 2. The van der Waals surface area contributed by atoms with E-state index < -0.39 is 0 Å². The SMILES string of the molecule is CCc1ccccc1NC(=O)CSc1nnc([C@H](C)NC(=O)c2ccccc2Cl)n1CC. The number of amides is 2. The second-order valence-electron chi connectivity index (χ2n) is 7.11. The summed E-state index contributed by atoms with van der Waals surface area (Å²) in [7, 11) is 0. The average Bonchev–Trinajstić information content (AvgIpc) is 3.21. The van der Waals surface area contributed by atoms with Gasteiger partial charge in [0.25, 0.3) is 5.91 Å². The van der Waals surface area contributed by atoms with Crippen LogP contribution in [0.15, 0.2) is 53.7 Å². The normalized spacial score (nSPS) is 11.8. The smallest absolute Gasteiger partial charge is 0.253 e. The average molecular weight is 472 g/mol. The Morgan fingerprint density at radius 2 is 1.81 bits per heavy atom. The minimum absolute atomic E-state index is 0.108. The molecule has 3 aromatic rings. The molecule has 9 heteroatoms. The molecule has 2 aromatic carbocycles. The first-order chi connectivity index (χ1) is 15.4. The molecule has 0 radical (unpaired) electrons. The predicted molar refractivity (Wildman–Crippen MR) is 128 cm³/mol. The molecule has 0 bridgehead atoms. The van der Waals surface area contributed by atoms with Crippen molar-refractivity contribution in [2.45, 2.75) is 44.9 Å². The van der Waals surface area contributed by atoms with Crippen molar-refractivity contribution >= 4 is 40.9 Å². The molecule has 0 fully saturated rings. The van der Waals surface area contributed by atoms with Crippen LogP contribution in [-0.4, -0.2) is 32.3 Å². The number of thioether (sulfide) groups is 1. The van der Waals surface area contributed by atoms with Gasteiger partial charge in [-0.15, -0.1) is 10.2 Å². The lowest BCUT2D eigenvalue weighted by molar-refractivity contribution is -0.113. The van der Waals surface area contributed by atoms with Crippen LogP contribution < -0.4 is 10.6 Å². The Morgan fingerprint density at radius 1 is 1.09 bits per heavy atom. The van der Waals surface area contributed by atoms with E-state index in [-0.39, 0.29) is 23.6 Å². The monoisotopic (exact) mass is 471 g/mol.